The quantitative estimate of drug-likeness (QED) is 0.276. The molecule has 0 aliphatic carbocycles. The zero-order valence-electron chi connectivity index (χ0n) is 18.3. The van der Waals surface area contributed by atoms with Gasteiger partial charge in [0.15, 0.2) is 0 Å². The molecule has 1 amide bonds. The number of nitro groups is 1. The number of aryl methyl sites for hydroxylation is 1. The summed E-state index contributed by atoms with van der Waals surface area (Å²) in [6.07, 6.45) is 3.23. The van der Waals surface area contributed by atoms with Crippen LogP contribution in [0.4, 0.5) is 11.4 Å². The predicted molar refractivity (Wildman–Crippen MR) is 130 cm³/mol. The Morgan fingerprint density at radius 2 is 1.82 bits per heavy atom. The number of benzene rings is 2. The first-order valence-corrected chi connectivity index (χ1v) is 11.0. The minimum absolute atomic E-state index is 0.00369. The molecule has 0 saturated heterocycles. The number of carbonyl (C=O) groups excluding carboxylic acids is 1. The Morgan fingerprint density at radius 3 is 2.50 bits per heavy atom. The lowest BCUT2D eigenvalue weighted by molar-refractivity contribution is -0.386. The number of rotatable bonds is 7. The first-order valence-electron chi connectivity index (χ1n) is 10.3. The highest BCUT2D eigenvalue weighted by molar-refractivity contribution is 6.35. The van der Waals surface area contributed by atoms with Crippen molar-refractivity contribution in [2.24, 2.45) is 0 Å². The smallest absolute Gasteiger partial charge is 0.312 e. The molecule has 11 heteroatoms. The molecule has 0 aliphatic rings. The summed E-state index contributed by atoms with van der Waals surface area (Å²) < 4.78 is 3.20. The number of carbonyl (C=O) groups is 1. The van der Waals surface area contributed by atoms with E-state index in [2.05, 4.69) is 15.5 Å². The van der Waals surface area contributed by atoms with Crippen molar-refractivity contribution in [3.05, 3.63) is 103 Å². The van der Waals surface area contributed by atoms with Crippen molar-refractivity contribution < 1.29 is 9.72 Å². The van der Waals surface area contributed by atoms with Crippen LogP contribution >= 0.6 is 23.2 Å². The zero-order chi connectivity index (χ0) is 24.4. The number of amides is 1. The van der Waals surface area contributed by atoms with Gasteiger partial charge >= 0.3 is 5.69 Å². The Bertz CT molecular complexity index is 1380. The van der Waals surface area contributed by atoms with Crippen LogP contribution in [-0.4, -0.2) is 30.4 Å². The van der Waals surface area contributed by atoms with Crippen LogP contribution in [0, 0.1) is 24.0 Å². The molecule has 2 aromatic heterocycles. The van der Waals surface area contributed by atoms with E-state index in [9.17, 15) is 14.9 Å². The van der Waals surface area contributed by atoms with Crippen molar-refractivity contribution in [2.45, 2.75) is 26.9 Å². The molecular weight excluding hydrogens is 479 g/mol. The minimum atomic E-state index is -0.433. The molecule has 9 nitrogen and oxygen atoms in total. The highest BCUT2D eigenvalue weighted by atomic mass is 35.5. The standard InChI is InChI=1S/C23H20Cl2N6O3/c1-14-22(31(33)34)15(2)30(28-14)11-16-5-3-6-17(9-16)23(32)27-18-10-26-29(12-18)13-19-20(24)7-4-8-21(19)25/h3-10,12H,11,13H2,1-2H3,(H,27,32). The summed E-state index contributed by atoms with van der Waals surface area (Å²) in [6.45, 7) is 3.92. The number of nitrogens with zero attached hydrogens (tertiary/aromatic N) is 5. The third kappa shape index (κ3) is 4.95. The topological polar surface area (TPSA) is 108 Å². The molecule has 0 aliphatic heterocycles. The first kappa shape index (κ1) is 23.5. The lowest BCUT2D eigenvalue weighted by atomic mass is 10.1. The van der Waals surface area contributed by atoms with E-state index in [0.717, 1.165) is 11.1 Å². The molecule has 2 aromatic carbocycles. The Morgan fingerprint density at radius 1 is 1.12 bits per heavy atom. The highest BCUT2D eigenvalue weighted by Crippen LogP contribution is 2.25. The van der Waals surface area contributed by atoms with E-state index in [-0.39, 0.29) is 11.6 Å². The molecule has 34 heavy (non-hydrogen) atoms. The minimum Gasteiger partial charge on any atom is -0.319 e. The van der Waals surface area contributed by atoms with Crippen LogP contribution in [0.3, 0.4) is 0 Å². The second-order valence-electron chi connectivity index (χ2n) is 7.72. The Labute approximate surface area is 205 Å². The average molecular weight is 499 g/mol. The fourth-order valence-corrected chi connectivity index (χ4v) is 4.17. The fraction of sp³-hybridized carbons (Fsp3) is 0.174. The molecule has 4 rings (SSSR count). The summed E-state index contributed by atoms with van der Waals surface area (Å²) in [5.74, 6) is -0.309. The molecule has 2 heterocycles. The molecule has 0 fully saturated rings. The average Bonchev–Trinajstić information content (AvgIpc) is 3.34. The number of halogens is 2. The summed E-state index contributed by atoms with van der Waals surface area (Å²) in [4.78, 5) is 23.6. The zero-order valence-corrected chi connectivity index (χ0v) is 19.8. The Balaban J connectivity index is 1.46. The number of aromatic nitrogens is 4. The van der Waals surface area contributed by atoms with Crippen LogP contribution in [0.15, 0.2) is 54.9 Å². The van der Waals surface area contributed by atoms with Crippen LogP contribution in [0.25, 0.3) is 0 Å². The van der Waals surface area contributed by atoms with E-state index in [1.165, 1.54) is 0 Å². The van der Waals surface area contributed by atoms with Crippen molar-refractivity contribution in [1.29, 1.82) is 0 Å². The van der Waals surface area contributed by atoms with Gasteiger partial charge in [0.25, 0.3) is 5.91 Å². The molecule has 0 bridgehead atoms. The molecule has 0 atom stereocenters. The second-order valence-corrected chi connectivity index (χ2v) is 8.53. The van der Waals surface area contributed by atoms with Gasteiger partial charge in [0, 0.05) is 27.4 Å². The van der Waals surface area contributed by atoms with Crippen molar-refractivity contribution in [3.8, 4) is 0 Å². The summed E-state index contributed by atoms with van der Waals surface area (Å²) >= 11 is 12.4. The van der Waals surface area contributed by atoms with Crippen LogP contribution in [0.2, 0.25) is 10.0 Å². The lowest BCUT2D eigenvalue weighted by Gasteiger charge is -2.08. The normalized spacial score (nSPS) is 10.9. The van der Waals surface area contributed by atoms with E-state index in [4.69, 9.17) is 23.2 Å². The molecule has 0 unspecified atom stereocenters. The molecule has 174 valence electrons. The van der Waals surface area contributed by atoms with Gasteiger partial charge in [-0.1, -0.05) is 41.4 Å². The van der Waals surface area contributed by atoms with Gasteiger partial charge in [-0.25, -0.2) is 0 Å². The number of hydrogen-bond donors (Lipinski definition) is 1. The monoisotopic (exact) mass is 498 g/mol. The van der Waals surface area contributed by atoms with Gasteiger partial charge in [-0.05, 0) is 43.7 Å². The third-order valence-corrected chi connectivity index (χ3v) is 6.03. The van der Waals surface area contributed by atoms with Crippen molar-refractivity contribution in [2.75, 3.05) is 5.32 Å². The van der Waals surface area contributed by atoms with Crippen molar-refractivity contribution >= 4 is 40.5 Å². The summed E-state index contributed by atoms with van der Waals surface area (Å²) in [7, 11) is 0. The van der Waals surface area contributed by atoms with Gasteiger partial charge in [-0.2, -0.15) is 10.2 Å². The maximum absolute atomic E-state index is 12.8. The second kappa shape index (κ2) is 9.66. The van der Waals surface area contributed by atoms with Gasteiger partial charge in [0.1, 0.15) is 11.4 Å². The molecule has 1 N–H and O–H groups in total. The van der Waals surface area contributed by atoms with Crippen molar-refractivity contribution in [1.82, 2.24) is 19.6 Å². The molecule has 4 aromatic rings. The third-order valence-electron chi connectivity index (χ3n) is 5.32. The van der Waals surface area contributed by atoms with Gasteiger partial charge in [0.2, 0.25) is 0 Å². The number of anilines is 1. The molecule has 0 spiro atoms. The maximum atomic E-state index is 12.8. The van der Waals surface area contributed by atoms with Crippen LogP contribution in [0.5, 0.6) is 0 Å². The van der Waals surface area contributed by atoms with Crippen LogP contribution in [-0.2, 0) is 13.1 Å². The summed E-state index contributed by atoms with van der Waals surface area (Å²) in [5.41, 5.74) is 3.31. The largest absolute Gasteiger partial charge is 0.319 e. The van der Waals surface area contributed by atoms with E-state index in [1.54, 1.807) is 72.0 Å². The Hall–Kier alpha value is -3.69. The summed E-state index contributed by atoms with van der Waals surface area (Å²) in [5, 5.41) is 23.7. The first-order chi connectivity index (χ1) is 16.2. The van der Waals surface area contributed by atoms with Crippen LogP contribution in [0.1, 0.15) is 32.9 Å². The van der Waals surface area contributed by atoms with E-state index in [1.807, 2.05) is 6.07 Å². The van der Waals surface area contributed by atoms with Gasteiger partial charge in [-0.15, -0.1) is 0 Å². The van der Waals surface area contributed by atoms with Gasteiger partial charge < -0.3 is 5.32 Å². The van der Waals surface area contributed by atoms with E-state index < -0.39 is 4.92 Å². The fourth-order valence-electron chi connectivity index (χ4n) is 3.65. The van der Waals surface area contributed by atoms with Gasteiger partial charge in [0.05, 0.1) is 29.9 Å². The SMILES string of the molecule is Cc1nn(Cc2cccc(C(=O)Nc3cnn(Cc4c(Cl)cccc4Cl)c3)c2)c(C)c1[N+](=O)[O-]. The molecule has 0 radical (unpaired) electrons. The maximum Gasteiger partial charge on any atom is 0.312 e. The molecule has 0 saturated carbocycles. The van der Waals surface area contributed by atoms with Gasteiger partial charge in [-0.3, -0.25) is 24.3 Å². The van der Waals surface area contributed by atoms with Crippen LogP contribution < -0.4 is 5.32 Å². The molecular formula is C23H20Cl2N6O3. The highest BCUT2D eigenvalue weighted by Gasteiger charge is 2.22. The predicted octanol–water partition coefficient (Wildman–Crippen LogP) is 5.26. The van der Waals surface area contributed by atoms with E-state index >= 15 is 0 Å². The van der Waals surface area contributed by atoms with E-state index in [0.29, 0.717) is 45.8 Å². The number of hydrogen-bond acceptors (Lipinski definition) is 5. The summed E-state index contributed by atoms with van der Waals surface area (Å²) in [6, 6.07) is 12.3. The number of nitrogens with one attached hydrogen (secondary N) is 1. The Kier molecular flexibility index (Phi) is 6.67. The lowest BCUT2D eigenvalue weighted by Crippen LogP contribution is -2.12. The van der Waals surface area contributed by atoms with Crippen molar-refractivity contribution in [3.63, 3.8) is 0 Å².